The quantitative estimate of drug-likeness (QED) is 0.245. The van der Waals surface area contributed by atoms with Crippen LogP contribution in [0.5, 0.6) is 5.75 Å². The fourth-order valence-electron chi connectivity index (χ4n) is 6.25. The predicted molar refractivity (Wildman–Crippen MR) is 189 cm³/mol. The second-order valence-electron chi connectivity index (χ2n) is 13.8. The fourth-order valence-corrected chi connectivity index (χ4v) is 6.25. The van der Waals surface area contributed by atoms with Crippen LogP contribution in [0.3, 0.4) is 0 Å². The Balaban J connectivity index is 1.34. The summed E-state index contributed by atoms with van der Waals surface area (Å²) in [5, 5.41) is 13.9. The second kappa shape index (κ2) is 14.8. The molecule has 3 heterocycles. The molecule has 2 fully saturated rings. The van der Waals surface area contributed by atoms with Crippen molar-refractivity contribution in [3.63, 3.8) is 0 Å². The number of nitrogens with one attached hydrogen (secondary N) is 4. The number of hydrogen-bond acceptors (Lipinski definition) is 10. The van der Waals surface area contributed by atoms with Gasteiger partial charge >= 0.3 is 0 Å². The number of hydrogen-bond donors (Lipinski definition) is 4. The zero-order valence-electron chi connectivity index (χ0n) is 28.9. The standard InChI is InChI=1S/C35H51N9O3/c1-23(36-5)21-37-31(35(2,3)4)34(46)44-14-8-9-29(44)33(45)41-28-19-26-27(20-30(28)47-7)38-22-39-32(26)40-24-10-12-25(13-11-24)43-17-15-42(6)16-18-43/h10-13,19-20,22-23,29,31,36-37H,8-9,14-18,21H2,1-7H3,(H,41,45)(H,38,39,40)/t23-,29-,31+/m0/s1. The third-order valence-corrected chi connectivity index (χ3v) is 9.29. The SMILES string of the molecule is CN[C@@H](C)CN[C@H](C(=O)N1CCC[C@H]1C(=O)Nc1cc2c(Nc3ccc(N4CCN(C)CC4)cc3)ncnc2cc1OC)C(C)(C)C. The Morgan fingerprint density at radius 1 is 1.04 bits per heavy atom. The van der Waals surface area contributed by atoms with E-state index in [1.807, 2.05) is 33.9 Å². The Kier molecular flexibility index (Phi) is 10.8. The number of nitrogens with zero attached hydrogens (tertiary/aromatic N) is 5. The Labute approximate surface area is 278 Å². The first-order valence-electron chi connectivity index (χ1n) is 16.6. The van der Waals surface area contributed by atoms with E-state index in [4.69, 9.17) is 4.74 Å². The highest BCUT2D eigenvalue weighted by atomic mass is 16.5. The van der Waals surface area contributed by atoms with Crippen molar-refractivity contribution in [3.05, 3.63) is 42.7 Å². The van der Waals surface area contributed by atoms with Gasteiger partial charge in [-0.2, -0.15) is 0 Å². The summed E-state index contributed by atoms with van der Waals surface area (Å²) in [5.41, 5.74) is 2.95. The normalized spacial score (nSPS) is 18.7. The molecule has 0 aliphatic carbocycles. The van der Waals surface area contributed by atoms with Gasteiger partial charge in [-0.15, -0.1) is 0 Å². The number of rotatable bonds is 11. The lowest BCUT2D eigenvalue weighted by atomic mass is 9.85. The summed E-state index contributed by atoms with van der Waals surface area (Å²) < 4.78 is 5.68. The minimum Gasteiger partial charge on any atom is -0.494 e. The van der Waals surface area contributed by atoms with E-state index >= 15 is 0 Å². The Morgan fingerprint density at radius 2 is 1.77 bits per heavy atom. The molecule has 2 amide bonds. The van der Waals surface area contributed by atoms with Crippen LogP contribution in [-0.4, -0.2) is 110 Å². The van der Waals surface area contributed by atoms with Gasteiger partial charge in [-0.05, 0) is 69.6 Å². The van der Waals surface area contributed by atoms with Crippen LogP contribution in [0, 0.1) is 5.41 Å². The molecule has 0 spiro atoms. The van der Waals surface area contributed by atoms with E-state index in [-0.39, 0.29) is 23.3 Å². The molecule has 12 nitrogen and oxygen atoms in total. The van der Waals surface area contributed by atoms with Crippen LogP contribution in [-0.2, 0) is 9.59 Å². The van der Waals surface area contributed by atoms with Gasteiger partial charge in [-0.1, -0.05) is 20.8 Å². The molecule has 0 radical (unpaired) electrons. The molecule has 47 heavy (non-hydrogen) atoms. The molecule has 0 unspecified atom stereocenters. The van der Waals surface area contributed by atoms with Gasteiger partial charge in [0.15, 0.2) is 0 Å². The van der Waals surface area contributed by atoms with E-state index in [0.29, 0.717) is 42.3 Å². The number of anilines is 4. The summed E-state index contributed by atoms with van der Waals surface area (Å²) >= 11 is 0. The van der Waals surface area contributed by atoms with E-state index in [0.717, 1.165) is 43.7 Å². The molecule has 1 aromatic heterocycles. The molecule has 2 aliphatic rings. The second-order valence-corrected chi connectivity index (χ2v) is 13.8. The first-order chi connectivity index (χ1) is 22.5. The van der Waals surface area contributed by atoms with Crippen LogP contribution in [0.15, 0.2) is 42.7 Å². The zero-order valence-corrected chi connectivity index (χ0v) is 28.9. The number of likely N-dealkylation sites (tertiary alicyclic amines) is 1. The highest BCUT2D eigenvalue weighted by Crippen LogP contribution is 2.34. The Morgan fingerprint density at radius 3 is 2.43 bits per heavy atom. The van der Waals surface area contributed by atoms with Crippen molar-refractivity contribution in [2.24, 2.45) is 5.41 Å². The van der Waals surface area contributed by atoms with Gasteiger partial charge in [0, 0.05) is 68.1 Å². The first-order valence-corrected chi connectivity index (χ1v) is 16.6. The molecule has 254 valence electrons. The molecule has 5 rings (SSSR count). The molecular formula is C35H51N9O3. The van der Waals surface area contributed by atoms with E-state index in [1.54, 1.807) is 18.1 Å². The van der Waals surface area contributed by atoms with Crippen LogP contribution in [0.2, 0.25) is 0 Å². The largest absolute Gasteiger partial charge is 0.494 e. The number of carbonyl (C=O) groups is 2. The summed E-state index contributed by atoms with van der Waals surface area (Å²) in [7, 11) is 5.62. The lowest BCUT2D eigenvalue weighted by Gasteiger charge is -2.36. The van der Waals surface area contributed by atoms with E-state index in [2.05, 4.69) is 79.3 Å². The smallest absolute Gasteiger partial charge is 0.247 e. The summed E-state index contributed by atoms with van der Waals surface area (Å²) in [6.07, 6.45) is 2.87. The summed E-state index contributed by atoms with van der Waals surface area (Å²) in [4.78, 5) is 43.2. The molecule has 12 heteroatoms. The molecule has 2 saturated heterocycles. The number of carbonyl (C=O) groups excluding carboxylic acids is 2. The van der Waals surface area contributed by atoms with Crippen LogP contribution in [0.4, 0.5) is 22.9 Å². The van der Waals surface area contributed by atoms with Crippen molar-refractivity contribution in [2.45, 2.75) is 58.7 Å². The van der Waals surface area contributed by atoms with Crippen LogP contribution < -0.4 is 30.9 Å². The highest BCUT2D eigenvalue weighted by molar-refractivity contribution is 6.02. The lowest BCUT2D eigenvalue weighted by molar-refractivity contribution is -0.140. The number of amides is 2. The monoisotopic (exact) mass is 645 g/mol. The molecular weight excluding hydrogens is 594 g/mol. The van der Waals surface area contributed by atoms with Crippen molar-refractivity contribution in [2.75, 3.05) is 76.0 Å². The van der Waals surface area contributed by atoms with Gasteiger partial charge in [0.1, 0.15) is 23.9 Å². The molecule has 0 saturated carbocycles. The van der Waals surface area contributed by atoms with Crippen molar-refractivity contribution in [1.82, 2.24) is 30.4 Å². The van der Waals surface area contributed by atoms with Gasteiger partial charge < -0.3 is 40.7 Å². The molecule has 0 bridgehead atoms. The summed E-state index contributed by atoms with van der Waals surface area (Å²) in [5.74, 6) is 0.810. The highest BCUT2D eigenvalue weighted by Gasteiger charge is 2.41. The van der Waals surface area contributed by atoms with E-state index in [1.165, 1.54) is 12.0 Å². The minimum absolute atomic E-state index is 0.0533. The van der Waals surface area contributed by atoms with Crippen molar-refractivity contribution in [1.29, 1.82) is 0 Å². The Hall–Kier alpha value is -4.00. The third kappa shape index (κ3) is 8.11. The summed E-state index contributed by atoms with van der Waals surface area (Å²) in [6.45, 7) is 13.5. The maximum Gasteiger partial charge on any atom is 0.247 e. The third-order valence-electron chi connectivity index (χ3n) is 9.29. The molecule has 2 aromatic carbocycles. The summed E-state index contributed by atoms with van der Waals surface area (Å²) in [6, 6.07) is 11.2. The number of methoxy groups -OCH3 is 1. The number of aromatic nitrogens is 2. The maximum absolute atomic E-state index is 13.9. The molecule has 3 aromatic rings. The average molecular weight is 646 g/mol. The van der Waals surface area contributed by atoms with Crippen molar-refractivity contribution >= 4 is 45.6 Å². The average Bonchev–Trinajstić information content (AvgIpc) is 3.55. The lowest BCUT2D eigenvalue weighted by Crippen LogP contribution is -2.57. The molecule has 2 aliphatic heterocycles. The minimum atomic E-state index is -0.584. The van der Waals surface area contributed by atoms with Gasteiger partial charge in [0.05, 0.1) is 24.4 Å². The first kappa shape index (κ1) is 34.3. The van der Waals surface area contributed by atoms with E-state index in [9.17, 15) is 9.59 Å². The number of benzene rings is 2. The van der Waals surface area contributed by atoms with Gasteiger partial charge in [0.25, 0.3) is 0 Å². The number of fused-ring (bicyclic) bond motifs is 1. The van der Waals surface area contributed by atoms with Crippen LogP contribution in [0.25, 0.3) is 10.9 Å². The van der Waals surface area contributed by atoms with Crippen LogP contribution >= 0.6 is 0 Å². The topological polar surface area (TPSA) is 127 Å². The fraction of sp³-hybridized carbons (Fsp3) is 0.543. The van der Waals surface area contributed by atoms with Crippen molar-refractivity contribution < 1.29 is 14.3 Å². The van der Waals surface area contributed by atoms with Crippen LogP contribution in [0.1, 0.15) is 40.5 Å². The van der Waals surface area contributed by atoms with Crippen molar-refractivity contribution in [3.8, 4) is 5.75 Å². The van der Waals surface area contributed by atoms with Gasteiger partial charge in [0.2, 0.25) is 11.8 Å². The zero-order chi connectivity index (χ0) is 33.7. The van der Waals surface area contributed by atoms with Gasteiger partial charge in [-0.3, -0.25) is 9.59 Å². The molecule has 3 atom stereocenters. The number of likely N-dealkylation sites (N-methyl/N-ethyl adjacent to an activating group) is 2. The molecule has 4 N–H and O–H groups in total. The Bertz CT molecular complexity index is 1530. The predicted octanol–water partition coefficient (Wildman–Crippen LogP) is 3.68. The number of ether oxygens (including phenoxy) is 1. The number of piperazine rings is 1. The maximum atomic E-state index is 13.9. The van der Waals surface area contributed by atoms with E-state index < -0.39 is 12.1 Å². The van der Waals surface area contributed by atoms with Gasteiger partial charge in [-0.25, -0.2) is 9.97 Å².